The van der Waals surface area contributed by atoms with Crippen molar-refractivity contribution < 1.29 is 9.47 Å². The van der Waals surface area contributed by atoms with Gasteiger partial charge in [0.25, 0.3) is 0 Å². The molecular weight excluding hydrogens is 483 g/mol. The van der Waals surface area contributed by atoms with Crippen molar-refractivity contribution in [3.05, 3.63) is 36.4 Å². The van der Waals surface area contributed by atoms with E-state index in [1.807, 2.05) is 31.3 Å². The van der Waals surface area contributed by atoms with Crippen LogP contribution in [0.1, 0.15) is 26.1 Å². The second-order valence-electron chi connectivity index (χ2n) is 6.37. The first-order chi connectivity index (χ1) is 13.7. The molecule has 162 valence electrons. The first kappa shape index (κ1) is 25.0. The predicted octanol–water partition coefficient (Wildman–Crippen LogP) is 2.83. The number of hydrogen-bond donors (Lipinski definition) is 1. The predicted molar refractivity (Wildman–Crippen MR) is 127 cm³/mol. The van der Waals surface area contributed by atoms with Crippen LogP contribution in [0.5, 0.6) is 11.5 Å². The number of likely N-dealkylation sites (N-methyl/N-ethyl adjacent to an activating group) is 1. The molecule has 0 aliphatic heterocycles. The van der Waals surface area contributed by atoms with E-state index in [0.29, 0.717) is 6.61 Å². The average molecular weight is 516 g/mol. The van der Waals surface area contributed by atoms with Crippen LogP contribution in [0, 0.1) is 0 Å². The highest BCUT2D eigenvalue weighted by Gasteiger charge is 2.07. The molecule has 1 N–H and O–H groups in total. The fourth-order valence-electron chi connectivity index (χ4n) is 2.64. The van der Waals surface area contributed by atoms with Crippen LogP contribution in [0.3, 0.4) is 0 Å². The number of nitrogens with one attached hydrogen (secondary N) is 1. The second kappa shape index (κ2) is 14.0. The Balaban J connectivity index is 0.00000420. The Bertz CT molecular complexity index is 720. The van der Waals surface area contributed by atoms with E-state index in [1.165, 1.54) is 0 Å². The number of nitrogens with zero attached hydrogens (tertiary/aromatic N) is 5. The highest BCUT2D eigenvalue weighted by molar-refractivity contribution is 14.0. The third-order valence-electron chi connectivity index (χ3n) is 4.25. The standard InChI is InChI=1S/C20H32N6O2.HI/c1-5-11-21-20(22-12-13-26-16-23-24-19(26)6-2)25(3)14-15-28-18-9-7-17(27-4)8-10-18;/h7-10,16H,5-6,11-15H2,1-4H3,(H,21,22);1H. The maximum absolute atomic E-state index is 5.82. The summed E-state index contributed by atoms with van der Waals surface area (Å²) in [5.74, 6) is 3.53. The number of aryl methyl sites for hydroxylation is 1. The van der Waals surface area contributed by atoms with E-state index < -0.39 is 0 Å². The average Bonchev–Trinajstić information content (AvgIpc) is 3.18. The molecule has 0 fully saturated rings. The molecule has 0 unspecified atom stereocenters. The summed E-state index contributed by atoms with van der Waals surface area (Å²) >= 11 is 0. The lowest BCUT2D eigenvalue weighted by atomic mass is 10.3. The van der Waals surface area contributed by atoms with Crippen LogP contribution in [-0.4, -0.2) is 66.0 Å². The highest BCUT2D eigenvalue weighted by atomic mass is 127. The summed E-state index contributed by atoms with van der Waals surface area (Å²) in [6.07, 6.45) is 3.65. The van der Waals surface area contributed by atoms with Gasteiger partial charge in [-0.2, -0.15) is 0 Å². The van der Waals surface area contributed by atoms with E-state index >= 15 is 0 Å². The number of methoxy groups -OCH3 is 1. The number of aromatic nitrogens is 3. The topological polar surface area (TPSA) is 76.8 Å². The quantitative estimate of drug-likeness (QED) is 0.281. The summed E-state index contributed by atoms with van der Waals surface area (Å²) in [5, 5.41) is 11.5. The van der Waals surface area contributed by atoms with Crippen LogP contribution in [0.25, 0.3) is 0 Å². The third kappa shape index (κ3) is 8.46. The number of guanidine groups is 1. The van der Waals surface area contributed by atoms with Gasteiger partial charge in [-0.05, 0) is 30.7 Å². The normalized spacial score (nSPS) is 11.0. The van der Waals surface area contributed by atoms with Crippen molar-refractivity contribution in [1.82, 2.24) is 25.0 Å². The largest absolute Gasteiger partial charge is 0.497 e. The summed E-state index contributed by atoms with van der Waals surface area (Å²) in [7, 11) is 3.68. The van der Waals surface area contributed by atoms with E-state index in [-0.39, 0.29) is 24.0 Å². The van der Waals surface area contributed by atoms with Crippen LogP contribution in [0.2, 0.25) is 0 Å². The minimum absolute atomic E-state index is 0. The van der Waals surface area contributed by atoms with Gasteiger partial charge in [-0.15, -0.1) is 34.2 Å². The lowest BCUT2D eigenvalue weighted by Gasteiger charge is -2.23. The minimum atomic E-state index is 0. The van der Waals surface area contributed by atoms with Gasteiger partial charge in [0, 0.05) is 33.1 Å². The van der Waals surface area contributed by atoms with Gasteiger partial charge in [-0.3, -0.25) is 4.99 Å². The Morgan fingerprint density at radius 3 is 2.59 bits per heavy atom. The molecule has 1 aromatic heterocycles. The van der Waals surface area contributed by atoms with E-state index in [2.05, 4.69) is 43.8 Å². The maximum atomic E-state index is 5.82. The molecule has 0 bridgehead atoms. The first-order valence-corrected chi connectivity index (χ1v) is 9.80. The number of hydrogen-bond acceptors (Lipinski definition) is 5. The van der Waals surface area contributed by atoms with Gasteiger partial charge in [0.05, 0.1) is 13.7 Å². The van der Waals surface area contributed by atoms with E-state index in [4.69, 9.17) is 9.47 Å². The molecule has 8 nitrogen and oxygen atoms in total. The zero-order valence-corrected chi connectivity index (χ0v) is 20.1. The van der Waals surface area contributed by atoms with Crippen molar-refractivity contribution in [2.75, 3.05) is 40.4 Å². The Labute approximate surface area is 190 Å². The first-order valence-electron chi connectivity index (χ1n) is 9.80. The molecule has 0 spiro atoms. The van der Waals surface area contributed by atoms with Crippen molar-refractivity contribution in [2.24, 2.45) is 4.99 Å². The molecule has 2 rings (SSSR count). The van der Waals surface area contributed by atoms with Gasteiger partial charge in [0.15, 0.2) is 5.96 Å². The molecule has 2 aromatic rings. The van der Waals surface area contributed by atoms with Crippen LogP contribution >= 0.6 is 24.0 Å². The lowest BCUT2D eigenvalue weighted by molar-refractivity contribution is 0.280. The SMILES string of the molecule is CCCN=C(NCCn1cnnc1CC)N(C)CCOc1ccc(OC)cc1.I. The van der Waals surface area contributed by atoms with Crippen LogP contribution in [0.15, 0.2) is 35.6 Å². The Morgan fingerprint density at radius 1 is 1.21 bits per heavy atom. The molecule has 0 aliphatic rings. The monoisotopic (exact) mass is 516 g/mol. The number of halogens is 1. The number of ether oxygens (including phenoxy) is 2. The van der Waals surface area contributed by atoms with Gasteiger partial charge in [-0.1, -0.05) is 13.8 Å². The molecule has 0 aliphatic carbocycles. The van der Waals surface area contributed by atoms with E-state index in [9.17, 15) is 0 Å². The van der Waals surface area contributed by atoms with Crippen molar-refractivity contribution in [3.63, 3.8) is 0 Å². The zero-order valence-electron chi connectivity index (χ0n) is 17.8. The fraction of sp³-hybridized carbons (Fsp3) is 0.550. The van der Waals surface area contributed by atoms with Crippen molar-refractivity contribution in [2.45, 2.75) is 33.2 Å². The van der Waals surface area contributed by atoms with Crippen LogP contribution < -0.4 is 14.8 Å². The molecule has 1 heterocycles. The van der Waals surface area contributed by atoms with Crippen molar-refractivity contribution in [1.29, 1.82) is 0 Å². The van der Waals surface area contributed by atoms with Crippen molar-refractivity contribution in [3.8, 4) is 11.5 Å². The second-order valence-corrected chi connectivity index (χ2v) is 6.37. The zero-order chi connectivity index (χ0) is 20.2. The Hall–Kier alpha value is -2.04. The summed E-state index contributed by atoms with van der Waals surface area (Å²) in [4.78, 5) is 6.76. The van der Waals surface area contributed by atoms with Crippen molar-refractivity contribution >= 4 is 29.9 Å². The molecule has 1 aromatic carbocycles. The Kier molecular flexibility index (Phi) is 12.1. The van der Waals surface area contributed by atoms with Gasteiger partial charge in [0.2, 0.25) is 0 Å². The van der Waals surface area contributed by atoms with Gasteiger partial charge in [0.1, 0.15) is 30.3 Å². The number of aliphatic imine (C=N–C) groups is 1. The van der Waals surface area contributed by atoms with Gasteiger partial charge < -0.3 is 24.3 Å². The number of benzene rings is 1. The van der Waals surface area contributed by atoms with Gasteiger partial charge in [-0.25, -0.2) is 0 Å². The molecule has 29 heavy (non-hydrogen) atoms. The van der Waals surface area contributed by atoms with E-state index in [0.717, 1.165) is 62.3 Å². The molecule has 0 amide bonds. The smallest absolute Gasteiger partial charge is 0.193 e. The Morgan fingerprint density at radius 2 is 1.93 bits per heavy atom. The summed E-state index contributed by atoms with van der Waals surface area (Å²) in [6, 6.07) is 7.61. The lowest BCUT2D eigenvalue weighted by Crippen LogP contribution is -2.42. The minimum Gasteiger partial charge on any atom is -0.497 e. The van der Waals surface area contributed by atoms with Crippen LogP contribution in [0.4, 0.5) is 0 Å². The summed E-state index contributed by atoms with van der Waals surface area (Å²) < 4.78 is 13.1. The summed E-state index contributed by atoms with van der Waals surface area (Å²) in [6.45, 7) is 7.86. The number of rotatable bonds is 11. The van der Waals surface area contributed by atoms with Crippen LogP contribution in [-0.2, 0) is 13.0 Å². The van der Waals surface area contributed by atoms with Gasteiger partial charge >= 0.3 is 0 Å². The maximum Gasteiger partial charge on any atom is 0.193 e. The molecule has 0 atom stereocenters. The highest BCUT2D eigenvalue weighted by Crippen LogP contribution is 2.16. The molecule has 9 heteroatoms. The third-order valence-corrected chi connectivity index (χ3v) is 4.25. The van der Waals surface area contributed by atoms with E-state index in [1.54, 1.807) is 13.4 Å². The summed E-state index contributed by atoms with van der Waals surface area (Å²) in [5.41, 5.74) is 0. The molecule has 0 saturated carbocycles. The molecular formula is C20H33IN6O2. The fourth-order valence-corrected chi connectivity index (χ4v) is 2.64. The molecule has 0 saturated heterocycles. The molecule has 0 radical (unpaired) electrons.